The molecule has 0 spiro atoms. The minimum atomic E-state index is -0.393. The van der Waals surface area contributed by atoms with Crippen LogP contribution < -0.4 is 15.0 Å². The Morgan fingerprint density at radius 2 is 1.80 bits per heavy atom. The van der Waals surface area contributed by atoms with Crippen LogP contribution in [0.5, 0.6) is 11.5 Å². The van der Waals surface area contributed by atoms with E-state index >= 15 is 0 Å². The SMILES string of the molecule is COc1ccccc1[C@@H]1CC(=O)Oc2c1c(=O)n(C)c1ccccc21. The van der Waals surface area contributed by atoms with E-state index in [2.05, 4.69) is 0 Å². The number of para-hydroxylation sites is 2. The number of carbonyl (C=O) groups is 1. The maximum atomic E-state index is 13.0. The summed E-state index contributed by atoms with van der Waals surface area (Å²) in [5, 5.41) is 0.757. The van der Waals surface area contributed by atoms with Crippen LogP contribution in [0.25, 0.3) is 10.9 Å². The fourth-order valence-electron chi connectivity index (χ4n) is 3.55. The number of carbonyl (C=O) groups excluding carboxylic acids is 1. The third-order valence-electron chi connectivity index (χ3n) is 4.74. The molecule has 0 saturated heterocycles. The Morgan fingerprint density at radius 3 is 2.60 bits per heavy atom. The summed E-state index contributed by atoms with van der Waals surface area (Å²) in [6.45, 7) is 0. The molecule has 0 radical (unpaired) electrons. The summed E-state index contributed by atoms with van der Waals surface area (Å²) in [7, 11) is 3.32. The van der Waals surface area contributed by atoms with E-state index in [-0.39, 0.29) is 17.9 Å². The average Bonchev–Trinajstić information content (AvgIpc) is 2.65. The third-order valence-corrected chi connectivity index (χ3v) is 4.74. The van der Waals surface area contributed by atoms with Crippen LogP contribution in [0.2, 0.25) is 0 Å². The van der Waals surface area contributed by atoms with Gasteiger partial charge < -0.3 is 14.0 Å². The van der Waals surface area contributed by atoms with Gasteiger partial charge in [0.05, 0.1) is 24.6 Å². The predicted octanol–water partition coefficient (Wildman–Crippen LogP) is 2.99. The van der Waals surface area contributed by atoms with Gasteiger partial charge in [0.25, 0.3) is 5.56 Å². The standard InChI is InChI=1S/C20H17NO4/c1-21-15-9-5-3-8-13(15)19-18(20(21)23)14(11-17(22)25-19)12-7-4-6-10-16(12)24-2/h3-10,14H,11H2,1-2H3/t14-/m0/s1. The van der Waals surface area contributed by atoms with Gasteiger partial charge >= 0.3 is 5.97 Å². The molecule has 1 aliphatic rings. The Labute approximate surface area is 144 Å². The number of esters is 1. The summed E-state index contributed by atoms with van der Waals surface area (Å²) in [6, 6.07) is 14.9. The van der Waals surface area contributed by atoms with Crippen molar-refractivity contribution >= 4 is 16.9 Å². The number of fused-ring (bicyclic) bond motifs is 3. The molecule has 0 bridgehead atoms. The van der Waals surface area contributed by atoms with E-state index < -0.39 is 5.92 Å². The van der Waals surface area contributed by atoms with Crippen molar-refractivity contribution in [1.29, 1.82) is 0 Å². The van der Waals surface area contributed by atoms with Gasteiger partial charge in [-0.05, 0) is 18.2 Å². The Kier molecular flexibility index (Phi) is 3.57. The highest BCUT2D eigenvalue weighted by atomic mass is 16.5. The number of rotatable bonds is 2. The fraction of sp³-hybridized carbons (Fsp3) is 0.200. The van der Waals surface area contributed by atoms with Crippen molar-refractivity contribution in [2.75, 3.05) is 7.11 Å². The molecule has 0 aliphatic carbocycles. The summed E-state index contributed by atoms with van der Waals surface area (Å²) < 4.78 is 12.6. The summed E-state index contributed by atoms with van der Waals surface area (Å²) in [5.41, 5.74) is 1.90. The lowest BCUT2D eigenvalue weighted by molar-refractivity contribution is -0.135. The van der Waals surface area contributed by atoms with E-state index in [1.807, 2.05) is 48.5 Å². The number of benzene rings is 2. The summed E-state index contributed by atoms with van der Waals surface area (Å²) in [6.07, 6.45) is 0.112. The number of pyridine rings is 1. The number of methoxy groups -OCH3 is 1. The molecule has 1 aromatic heterocycles. The highest BCUT2D eigenvalue weighted by Crippen LogP contribution is 2.42. The first kappa shape index (κ1) is 15.4. The quantitative estimate of drug-likeness (QED) is 0.676. The molecule has 0 unspecified atom stereocenters. The molecular formula is C20H17NO4. The van der Waals surface area contributed by atoms with Crippen LogP contribution in [-0.4, -0.2) is 17.6 Å². The van der Waals surface area contributed by atoms with Crippen molar-refractivity contribution in [3.63, 3.8) is 0 Å². The Morgan fingerprint density at radius 1 is 1.08 bits per heavy atom. The first-order valence-corrected chi connectivity index (χ1v) is 8.07. The van der Waals surface area contributed by atoms with Gasteiger partial charge in [-0.25, -0.2) is 0 Å². The molecule has 4 rings (SSSR count). The number of nitrogens with zero attached hydrogens (tertiary/aromatic N) is 1. The topological polar surface area (TPSA) is 57.5 Å². The molecule has 126 valence electrons. The minimum Gasteiger partial charge on any atom is -0.496 e. The van der Waals surface area contributed by atoms with Crippen LogP contribution in [0.15, 0.2) is 53.3 Å². The van der Waals surface area contributed by atoms with E-state index in [4.69, 9.17) is 9.47 Å². The molecule has 0 amide bonds. The van der Waals surface area contributed by atoms with E-state index in [1.165, 1.54) is 0 Å². The number of hydrogen-bond donors (Lipinski definition) is 0. The largest absolute Gasteiger partial charge is 0.496 e. The maximum Gasteiger partial charge on any atom is 0.312 e. The number of hydrogen-bond acceptors (Lipinski definition) is 4. The normalized spacial score (nSPS) is 16.4. The molecule has 0 fully saturated rings. The maximum absolute atomic E-state index is 13.0. The fourth-order valence-corrected chi connectivity index (χ4v) is 3.55. The molecular weight excluding hydrogens is 318 g/mol. The number of aryl methyl sites for hydroxylation is 1. The average molecular weight is 335 g/mol. The van der Waals surface area contributed by atoms with Crippen molar-refractivity contribution in [3.05, 3.63) is 70.0 Å². The second kappa shape index (κ2) is 5.77. The second-order valence-electron chi connectivity index (χ2n) is 6.10. The van der Waals surface area contributed by atoms with E-state index in [1.54, 1.807) is 18.7 Å². The van der Waals surface area contributed by atoms with Crippen LogP contribution in [-0.2, 0) is 11.8 Å². The second-order valence-corrected chi connectivity index (χ2v) is 6.10. The zero-order valence-electron chi connectivity index (χ0n) is 14.0. The van der Waals surface area contributed by atoms with E-state index in [9.17, 15) is 9.59 Å². The molecule has 1 aliphatic heterocycles. The Hall–Kier alpha value is -3.08. The lowest BCUT2D eigenvalue weighted by atomic mass is 9.85. The molecule has 3 aromatic rings. The van der Waals surface area contributed by atoms with E-state index in [0.717, 1.165) is 16.5 Å². The Bertz CT molecular complexity index is 1050. The van der Waals surface area contributed by atoms with Gasteiger partial charge in [-0.1, -0.05) is 30.3 Å². The van der Waals surface area contributed by atoms with Crippen LogP contribution in [0.1, 0.15) is 23.5 Å². The van der Waals surface area contributed by atoms with Crippen LogP contribution in [0, 0.1) is 0 Å². The zero-order valence-corrected chi connectivity index (χ0v) is 14.0. The van der Waals surface area contributed by atoms with Crippen LogP contribution in [0.4, 0.5) is 0 Å². The van der Waals surface area contributed by atoms with Gasteiger partial charge in [0, 0.05) is 23.9 Å². The van der Waals surface area contributed by atoms with Gasteiger partial charge in [-0.2, -0.15) is 0 Å². The van der Waals surface area contributed by atoms with Crippen LogP contribution in [0.3, 0.4) is 0 Å². The molecule has 25 heavy (non-hydrogen) atoms. The summed E-state index contributed by atoms with van der Waals surface area (Å²) in [5.74, 6) is 0.284. The van der Waals surface area contributed by atoms with Gasteiger partial charge in [0.15, 0.2) is 0 Å². The van der Waals surface area contributed by atoms with Crippen molar-refractivity contribution in [2.45, 2.75) is 12.3 Å². The van der Waals surface area contributed by atoms with E-state index in [0.29, 0.717) is 17.1 Å². The lowest BCUT2D eigenvalue weighted by Gasteiger charge is -2.27. The van der Waals surface area contributed by atoms with Crippen molar-refractivity contribution in [2.24, 2.45) is 7.05 Å². The predicted molar refractivity (Wildman–Crippen MR) is 94.3 cm³/mol. The molecule has 2 heterocycles. The van der Waals surface area contributed by atoms with Crippen molar-refractivity contribution in [1.82, 2.24) is 4.57 Å². The molecule has 0 N–H and O–H groups in total. The number of aromatic nitrogens is 1. The summed E-state index contributed by atoms with van der Waals surface area (Å²) >= 11 is 0. The molecule has 2 aromatic carbocycles. The lowest BCUT2D eigenvalue weighted by Crippen LogP contribution is -2.31. The van der Waals surface area contributed by atoms with Gasteiger partial charge in [-0.15, -0.1) is 0 Å². The van der Waals surface area contributed by atoms with Crippen LogP contribution >= 0.6 is 0 Å². The minimum absolute atomic E-state index is 0.112. The first-order chi connectivity index (χ1) is 12.1. The molecule has 0 saturated carbocycles. The van der Waals surface area contributed by atoms with Gasteiger partial charge in [0.2, 0.25) is 0 Å². The smallest absolute Gasteiger partial charge is 0.312 e. The monoisotopic (exact) mass is 335 g/mol. The molecule has 1 atom stereocenters. The highest BCUT2D eigenvalue weighted by Gasteiger charge is 2.34. The Balaban J connectivity index is 2.07. The van der Waals surface area contributed by atoms with Gasteiger partial charge in [0.1, 0.15) is 11.5 Å². The van der Waals surface area contributed by atoms with Crippen molar-refractivity contribution in [3.8, 4) is 11.5 Å². The molecule has 5 heteroatoms. The zero-order chi connectivity index (χ0) is 17.6. The first-order valence-electron chi connectivity index (χ1n) is 8.07. The van der Waals surface area contributed by atoms with Gasteiger partial charge in [-0.3, -0.25) is 9.59 Å². The summed E-state index contributed by atoms with van der Waals surface area (Å²) in [4.78, 5) is 25.3. The number of ether oxygens (including phenoxy) is 2. The third kappa shape index (κ3) is 2.31. The highest BCUT2D eigenvalue weighted by molar-refractivity contribution is 5.91. The van der Waals surface area contributed by atoms with Crippen molar-refractivity contribution < 1.29 is 14.3 Å². The molecule has 5 nitrogen and oxygen atoms in total.